The van der Waals surface area contributed by atoms with E-state index in [1.807, 2.05) is 30.3 Å². The van der Waals surface area contributed by atoms with Crippen LogP contribution >= 0.6 is 11.8 Å². The fraction of sp³-hybridized carbons (Fsp3) is 0.333. The van der Waals surface area contributed by atoms with Crippen LogP contribution in [0, 0.1) is 0 Å². The summed E-state index contributed by atoms with van der Waals surface area (Å²) in [5.74, 6) is -0.123. The van der Waals surface area contributed by atoms with Crippen molar-refractivity contribution in [2.45, 2.75) is 12.2 Å². The van der Waals surface area contributed by atoms with E-state index < -0.39 is 0 Å². The average Bonchev–Trinajstić information content (AvgIpc) is 2.66. The zero-order valence-corrected chi connectivity index (χ0v) is 10.5. The lowest BCUT2D eigenvalue weighted by Gasteiger charge is -2.24. The van der Waals surface area contributed by atoms with Gasteiger partial charge >= 0.3 is 0 Å². The minimum atomic E-state index is -0.171. The number of hydrogen-bond acceptors (Lipinski definition) is 4. The highest BCUT2D eigenvalue weighted by molar-refractivity contribution is 8.15. The van der Waals surface area contributed by atoms with Crippen LogP contribution < -0.4 is 10.6 Å². The predicted molar refractivity (Wildman–Crippen MR) is 72.3 cm³/mol. The lowest BCUT2D eigenvalue weighted by Crippen LogP contribution is -2.33. The molecule has 0 bridgehead atoms. The van der Waals surface area contributed by atoms with Gasteiger partial charge in [-0.25, -0.2) is 0 Å². The summed E-state index contributed by atoms with van der Waals surface area (Å²) in [4.78, 5) is 17.5. The first-order valence-electron chi connectivity index (χ1n) is 5.55. The van der Waals surface area contributed by atoms with Crippen molar-refractivity contribution in [3.8, 4) is 0 Å². The van der Waals surface area contributed by atoms with Crippen LogP contribution in [0.15, 0.2) is 35.3 Å². The van der Waals surface area contributed by atoms with E-state index in [2.05, 4.69) is 16.8 Å². The van der Waals surface area contributed by atoms with E-state index in [0.717, 1.165) is 12.2 Å². The Morgan fingerprint density at radius 1 is 1.41 bits per heavy atom. The molecule has 5 heteroatoms. The van der Waals surface area contributed by atoms with Gasteiger partial charge in [0.25, 0.3) is 5.91 Å². The molecule has 1 aromatic carbocycles. The van der Waals surface area contributed by atoms with Crippen molar-refractivity contribution in [1.82, 2.24) is 0 Å². The molecule has 1 aliphatic heterocycles. The van der Waals surface area contributed by atoms with E-state index in [4.69, 9.17) is 5.73 Å². The number of aliphatic imine (C=N–C) groups is 1. The van der Waals surface area contributed by atoms with Gasteiger partial charge in [-0.05, 0) is 19.1 Å². The van der Waals surface area contributed by atoms with Crippen molar-refractivity contribution in [2.75, 3.05) is 18.0 Å². The summed E-state index contributed by atoms with van der Waals surface area (Å²) in [5, 5.41) is 0.208. The van der Waals surface area contributed by atoms with E-state index >= 15 is 0 Å². The molecular weight excluding hydrogens is 234 g/mol. The Hall–Kier alpha value is -1.49. The molecule has 1 aromatic rings. The van der Waals surface area contributed by atoms with Crippen molar-refractivity contribution in [2.24, 2.45) is 10.7 Å². The molecule has 90 valence electrons. The lowest BCUT2D eigenvalue weighted by atomic mass is 10.2. The number of carbonyl (C=O) groups excluding carboxylic acids is 1. The smallest absolute Gasteiger partial charge is 0.263 e. The Balaban J connectivity index is 2.05. The number of amidine groups is 1. The third-order valence-corrected chi connectivity index (χ3v) is 3.62. The summed E-state index contributed by atoms with van der Waals surface area (Å²) in [6.07, 6.45) is 0. The van der Waals surface area contributed by atoms with Crippen molar-refractivity contribution < 1.29 is 4.79 Å². The standard InChI is InChI=1S/C12H15N3OS/c1-2-15(9-6-4-3-5-7-9)8-10-11(16)14-12(13)17-10/h3-7,10H,2,8H2,1H3,(H2,13,14,16)/t10-/m0/s1. The highest BCUT2D eigenvalue weighted by Crippen LogP contribution is 2.23. The molecule has 0 radical (unpaired) electrons. The molecule has 1 atom stereocenters. The van der Waals surface area contributed by atoms with Crippen LogP contribution in [0.25, 0.3) is 0 Å². The van der Waals surface area contributed by atoms with Crippen molar-refractivity contribution in [3.63, 3.8) is 0 Å². The molecular formula is C12H15N3OS. The van der Waals surface area contributed by atoms with Crippen molar-refractivity contribution >= 4 is 28.5 Å². The van der Waals surface area contributed by atoms with Crippen LogP contribution in [0.5, 0.6) is 0 Å². The highest BCUT2D eigenvalue weighted by Gasteiger charge is 2.28. The number of nitrogens with two attached hydrogens (primary N) is 1. The Labute approximate surface area is 105 Å². The first-order chi connectivity index (χ1) is 8.20. The first-order valence-corrected chi connectivity index (χ1v) is 6.43. The van der Waals surface area contributed by atoms with E-state index in [1.54, 1.807) is 0 Å². The topological polar surface area (TPSA) is 58.7 Å². The molecule has 1 amide bonds. The van der Waals surface area contributed by atoms with E-state index in [9.17, 15) is 4.79 Å². The lowest BCUT2D eigenvalue weighted by molar-refractivity contribution is -0.116. The largest absolute Gasteiger partial charge is 0.378 e. The number of para-hydroxylation sites is 1. The monoisotopic (exact) mass is 249 g/mol. The normalized spacial score (nSPS) is 19.2. The van der Waals surface area contributed by atoms with E-state index in [0.29, 0.717) is 11.7 Å². The van der Waals surface area contributed by atoms with Crippen molar-refractivity contribution in [1.29, 1.82) is 0 Å². The minimum Gasteiger partial charge on any atom is -0.378 e. The van der Waals surface area contributed by atoms with Crippen LogP contribution in [0.1, 0.15) is 6.92 Å². The number of thioether (sulfide) groups is 1. The second kappa shape index (κ2) is 5.23. The summed E-state index contributed by atoms with van der Waals surface area (Å²) in [6, 6.07) is 10.0. The van der Waals surface area contributed by atoms with Crippen LogP contribution in [0.4, 0.5) is 5.69 Å². The highest BCUT2D eigenvalue weighted by atomic mass is 32.2. The summed E-state index contributed by atoms with van der Waals surface area (Å²) in [7, 11) is 0. The fourth-order valence-corrected chi connectivity index (χ4v) is 2.62. The minimum absolute atomic E-state index is 0.123. The number of benzene rings is 1. The van der Waals surface area contributed by atoms with Gasteiger partial charge in [0.15, 0.2) is 5.17 Å². The van der Waals surface area contributed by atoms with Gasteiger partial charge in [-0.2, -0.15) is 4.99 Å². The van der Waals surface area contributed by atoms with Crippen molar-refractivity contribution in [3.05, 3.63) is 30.3 Å². The van der Waals surface area contributed by atoms with Gasteiger partial charge in [0.05, 0.1) is 0 Å². The zero-order valence-electron chi connectivity index (χ0n) is 9.67. The molecule has 0 unspecified atom stereocenters. The SMILES string of the molecule is CCN(C[C@@H]1SC(N)=NC1=O)c1ccccc1. The molecule has 2 rings (SSSR count). The Morgan fingerprint density at radius 3 is 2.65 bits per heavy atom. The Bertz CT molecular complexity index is 433. The molecule has 17 heavy (non-hydrogen) atoms. The first kappa shape index (κ1) is 12.0. The van der Waals surface area contributed by atoms with Crippen LogP contribution in [0.3, 0.4) is 0 Å². The van der Waals surface area contributed by atoms with Gasteiger partial charge in [-0.1, -0.05) is 30.0 Å². The third-order valence-electron chi connectivity index (χ3n) is 2.65. The number of rotatable bonds is 4. The zero-order chi connectivity index (χ0) is 12.3. The van der Waals surface area contributed by atoms with Crippen LogP contribution in [-0.4, -0.2) is 29.4 Å². The molecule has 0 aliphatic carbocycles. The number of amides is 1. The molecule has 0 saturated carbocycles. The summed E-state index contributed by atoms with van der Waals surface area (Å²) in [5.41, 5.74) is 6.66. The third kappa shape index (κ3) is 2.79. The quantitative estimate of drug-likeness (QED) is 0.878. The van der Waals surface area contributed by atoms with E-state index in [1.165, 1.54) is 11.8 Å². The van der Waals surface area contributed by atoms with E-state index in [-0.39, 0.29) is 11.2 Å². The second-order valence-corrected chi connectivity index (χ2v) is 4.99. The molecule has 0 aromatic heterocycles. The number of nitrogens with zero attached hydrogens (tertiary/aromatic N) is 2. The summed E-state index contributed by atoms with van der Waals surface area (Å²) < 4.78 is 0. The van der Waals surface area contributed by atoms with Gasteiger partial charge in [-0.15, -0.1) is 0 Å². The second-order valence-electron chi connectivity index (χ2n) is 3.77. The Morgan fingerprint density at radius 2 is 2.12 bits per heavy atom. The molecule has 0 saturated heterocycles. The molecule has 0 fully saturated rings. The average molecular weight is 249 g/mol. The van der Waals surface area contributed by atoms with Crippen LogP contribution in [0.2, 0.25) is 0 Å². The number of hydrogen-bond donors (Lipinski definition) is 1. The van der Waals surface area contributed by atoms with Gasteiger partial charge in [-0.3, -0.25) is 4.79 Å². The van der Waals surface area contributed by atoms with Gasteiger partial charge in [0.2, 0.25) is 0 Å². The maximum atomic E-state index is 11.6. The van der Waals surface area contributed by atoms with Gasteiger partial charge in [0, 0.05) is 18.8 Å². The molecule has 0 spiro atoms. The predicted octanol–water partition coefficient (Wildman–Crippen LogP) is 1.47. The molecule has 1 aliphatic rings. The van der Waals surface area contributed by atoms with Gasteiger partial charge in [0.1, 0.15) is 5.25 Å². The van der Waals surface area contributed by atoms with Gasteiger partial charge < -0.3 is 10.6 Å². The summed E-state index contributed by atoms with van der Waals surface area (Å²) >= 11 is 1.35. The Kier molecular flexibility index (Phi) is 3.68. The summed E-state index contributed by atoms with van der Waals surface area (Å²) in [6.45, 7) is 3.57. The van der Waals surface area contributed by atoms with Crippen LogP contribution in [-0.2, 0) is 4.79 Å². The molecule has 1 heterocycles. The number of anilines is 1. The maximum Gasteiger partial charge on any atom is 0.263 e. The molecule has 4 nitrogen and oxygen atoms in total. The maximum absolute atomic E-state index is 11.6. The molecule has 2 N–H and O–H groups in total. The number of carbonyl (C=O) groups is 1. The fourth-order valence-electron chi connectivity index (χ4n) is 1.77.